The predicted octanol–water partition coefficient (Wildman–Crippen LogP) is 2.25. The fourth-order valence-electron chi connectivity index (χ4n) is 1.84. The molecule has 0 aliphatic rings. The molecular formula is C16H14F2N2O2. The average Bonchev–Trinajstić information content (AvgIpc) is 2.54. The van der Waals surface area contributed by atoms with Crippen molar-refractivity contribution in [3.63, 3.8) is 0 Å². The van der Waals surface area contributed by atoms with Crippen molar-refractivity contribution < 1.29 is 18.4 Å². The number of rotatable bonds is 4. The Labute approximate surface area is 126 Å². The van der Waals surface area contributed by atoms with E-state index in [1.807, 2.05) is 0 Å². The number of benzene rings is 2. The second kappa shape index (κ2) is 6.80. The van der Waals surface area contributed by atoms with Gasteiger partial charge in [-0.05, 0) is 35.9 Å². The van der Waals surface area contributed by atoms with Crippen LogP contribution in [0.4, 0.5) is 8.78 Å². The zero-order valence-corrected chi connectivity index (χ0v) is 11.8. The van der Waals surface area contributed by atoms with Crippen LogP contribution in [0.1, 0.15) is 26.3 Å². The summed E-state index contributed by atoms with van der Waals surface area (Å²) in [6, 6.07) is 9.64. The molecule has 0 saturated carbocycles. The van der Waals surface area contributed by atoms with E-state index in [9.17, 15) is 18.4 Å². The number of halogens is 2. The minimum atomic E-state index is -1.07. The van der Waals surface area contributed by atoms with Crippen molar-refractivity contribution in [3.05, 3.63) is 70.8 Å². The summed E-state index contributed by atoms with van der Waals surface area (Å²) >= 11 is 0. The summed E-state index contributed by atoms with van der Waals surface area (Å²) in [7, 11) is 1.54. The van der Waals surface area contributed by atoms with Crippen molar-refractivity contribution in [1.29, 1.82) is 0 Å². The zero-order chi connectivity index (χ0) is 16.1. The number of nitrogens with one attached hydrogen (secondary N) is 2. The first-order valence-corrected chi connectivity index (χ1v) is 6.55. The highest BCUT2D eigenvalue weighted by Crippen LogP contribution is 2.09. The molecule has 0 aliphatic carbocycles. The lowest BCUT2D eigenvalue weighted by molar-refractivity contribution is 0.0945. The molecule has 114 valence electrons. The molecule has 0 spiro atoms. The van der Waals surface area contributed by atoms with Gasteiger partial charge in [0, 0.05) is 24.7 Å². The van der Waals surface area contributed by atoms with Gasteiger partial charge < -0.3 is 10.6 Å². The minimum Gasteiger partial charge on any atom is -0.355 e. The molecule has 2 aromatic carbocycles. The van der Waals surface area contributed by atoms with Gasteiger partial charge in [0.25, 0.3) is 11.8 Å². The van der Waals surface area contributed by atoms with Gasteiger partial charge in [-0.25, -0.2) is 8.78 Å². The molecule has 2 rings (SSSR count). The first-order chi connectivity index (χ1) is 10.5. The lowest BCUT2D eigenvalue weighted by Gasteiger charge is -2.07. The number of hydrogen-bond acceptors (Lipinski definition) is 2. The molecule has 0 atom stereocenters. The Morgan fingerprint density at radius 2 is 1.55 bits per heavy atom. The van der Waals surface area contributed by atoms with Crippen LogP contribution in [0.3, 0.4) is 0 Å². The van der Waals surface area contributed by atoms with E-state index < -0.39 is 17.5 Å². The van der Waals surface area contributed by atoms with Crippen molar-refractivity contribution in [1.82, 2.24) is 10.6 Å². The predicted molar refractivity (Wildman–Crippen MR) is 77.4 cm³/mol. The van der Waals surface area contributed by atoms with Crippen LogP contribution in [0.15, 0.2) is 42.5 Å². The second-order valence-electron chi connectivity index (χ2n) is 4.59. The van der Waals surface area contributed by atoms with E-state index in [0.29, 0.717) is 5.56 Å². The molecule has 6 heteroatoms. The first kappa shape index (κ1) is 15.6. The summed E-state index contributed by atoms with van der Waals surface area (Å²) in [5.41, 5.74) is 1.34. The van der Waals surface area contributed by atoms with Crippen LogP contribution in [0.2, 0.25) is 0 Å². The highest BCUT2D eigenvalue weighted by Gasteiger charge is 2.09. The normalized spacial score (nSPS) is 10.1. The molecule has 0 heterocycles. The SMILES string of the molecule is CNC(=O)c1ccc(CNC(=O)c2ccc(F)c(F)c2)cc1. The van der Waals surface area contributed by atoms with Crippen LogP contribution in [0, 0.1) is 11.6 Å². The van der Waals surface area contributed by atoms with Gasteiger partial charge in [0.1, 0.15) is 0 Å². The summed E-state index contributed by atoms with van der Waals surface area (Å²) in [6.07, 6.45) is 0. The number of amides is 2. The molecule has 2 aromatic rings. The van der Waals surface area contributed by atoms with E-state index in [4.69, 9.17) is 0 Å². The fraction of sp³-hybridized carbons (Fsp3) is 0.125. The van der Waals surface area contributed by atoms with Crippen molar-refractivity contribution in [2.45, 2.75) is 6.54 Å². The van der Waals surface area contributed by atoms with Gasteiger partial charge >= 0.3 is 0 Å². The Balaban J connectivity index is 1.98. The number of carbonyl (C=O) groups is 2. The molecule has 0 aromatic heterocycles. The van der Waals surface area contributed by atoms with Crippen LogP contribution >= 0.6 is 0 Å². The molecule has 22 heavy (non-hydrogen) atoms. The Kier molecular flexibility index (Phi) is 4.83. The zero-order valence-electron chi connectivity index (χ0n) is 11.8. The van der Waals surface area contributed by atoms with Gasteiger partial charge in [-0.3, -0.25) is 9.59 Å². The van der Waals surface area contributed by atoms with E-state index in [1.165, 1.54) is 13.1 Å². The maximum absolute atomic E-state index is 13.1. The van der Waals surface area contributed by atoms with E-state index in [-0.39, 0.29) is 18.0 Å². The molecular weight excluding hydrogens is 290 g/mol. The molecule has 0 radical (unpaired) electrons. The van der Waals surface area contributed by atoms with E-state index >= 15 is 0 Å². The summed E-state index contributed by atoms with van der Waals surface area (Å²) in [5, 5.41) is 5.10. The van der Waals surface area contributed by atoms with Gasteiger partial charge in [0.05, 0.1) is 0 Å². The third-order valence-electron chi connectivity index (χ3n) is 3.08. The average molecular weight is 304 g/mol. The number of carbonyl (C=O) groups excluding carboxylic acids is 2. The summed E-state index contributed by atoms with van der Waals surface area (Å²) < 4.78 is 25.9. The van der Waals surface area contributed by atoms with E-state index in [1.54, 1.807) is 24.3 Å². The smallest absolute Gasteiger partial charge is 0.251 e. The minimum absolute atomic E-state index is 0.0425. The highest BCUT2D eigenvalue weighted by atomic mass is 19.2. The van der Waals surface area contributed by atoms with Crippen molar-refractivity contribution in [3.8, 4) is 0 Å². The molecule has 0 bridgehead atoms. The molecule has 0 aliphatic heterocycles. The molecule has 4 nitrogen and oxygen atoms in total. The standard InChI is InChI=1S/C16H14F2N2O2/c1-19-15(21)11-4-2-10(3-5-11)9-20-16(22)12-6-7-13(17)14(18)8-12/h2-8H,9H2,1H3,(H,19,21)(H,20,22). The van der Waals surface area contributed by atoms with Crippen LogP contribution in [-0.4, -0.2) is 18.9 Å². The Morgan fingerprint density at radius 3 is 2.14 bits per heavy atom. The van der Waals surface area contributed by atoms with E-state index in [0.717, 1.165) is 17.7 Å². The Morgan fingerprint density at radius 1 is 0.909 bits per heavy atom. The third kappa shape index (κ3) is 3.66. The summed E-state index contributed by atoms with van der Waals surface area (Å²) in [6.45, 7) is 0.214. The number of hydrogen-bond donors (Lipinski definition) is 2. The van der Waals surface area contributed by atoms with Crippen LogP contribution < -0.4 is 10.6 Å². The van der Waals surface area contributed by atoms with Crippen molar-refractivity contribution in [2.24, 2.45) is 0 Å². The van der Waals surface area contributed by atoms with Crippen LogP contribution in [-0.2, 0) is 6.54 Å². The first-order valence-electron chi connectivity index (χ1n) is 6.55. The van der Waals surface area contributed by atoms with Crippen molar-refractivity contribution in [2.75, 3.05) is 7.05 Å². The Hall–Kier alpha value is -2.76. The summed E-state index contributed by atoms with van der Waals surface area (Å²) in [4.78, 5) is 23.2. The van der Waals surface area contributed by atoms with Crippen molar-refractivity contribution >= 4 is 11.8 Å². The van der Waals surface area contributed by atoms with Crippen LogP contribution in [0.25, 0.3) is 0 Å². The van der Waals surface area contributed by atoms with E-state index in [2.05, 4.69) is 10.6 Å². The topological polar surface area (TPSA) is 58.2 Å². The highest BCUT2D eigenvalue weighted by molar-refractivity contribution is 5.94. The second-order valence-corrected chi connectivity index (χ2v) is 4.59. The van der Waals surface area contributed by atoms with Gasteiger partial charge in [-0.1, -0.05) is 12.1 Å². The molecule has 0 fully saturated rings. The molecule has 2 amide bonds. The molecule has 0 saturated heterocycles. The molecule has 0 unspecified atom stereocenters. The fourth-order valence-corrected chi connectivity index (χ4v) is 1.84. The van der Waals surface area contributed by atoms with Gasteiger partial charge in [0.15, 0.2) is 11.6 Å². The van der Waals surface area contributed by atoms with Crippen LogP contribution in [0.5, 0.6) is 0 Å². The van der Waals surface area contributed by atoms with Gasteiger partial charge in [-0.15, -0.1) is 0 Å². The Bertz CT molecular complexity index is 700. The lowest BCUT2D eigenvalue weighted by Crippen LogP contribution is -2.23. The maximum Gasteiger partial charge on any atom is 0.251 e. The lowest BCUT2D eigenvalue weighted by atomic mass is 10.1. The quantitative estimate of drug-likeness (QED) is 0.910. The summed E-state index contributed by atoms with van der Waals surface area (Å²) in [5.74, 6) is -2.77. The largest absolute Gasteiger partial charge is 0.355 e. The maximum atomic E-state index is 13.1. The molecule has 2 N–H and O–H groups in total. The van der Waals surface area contributed by atoms with Gasteiger partial charge in [0.2, 0.25) is 0 Å². The monoisotopic (exact) mass is 304 g/mol. The van der Waals surface area contributed by atoms with Gasteiger partial charge in [-0.2, -0.15) is 0 Å². The third-order valence-corrected chi connectivity index (χ3v) is 3.08.